The molecule has 0 N–H and O–H groups in total. The van der Waals surface area contributed by atoms with E-state index in [1.54, 1.807) is 24.3 Å². The second-order valence-electron chi connectivity index (χ2n) is 4.75. The third-order valence-electron chi connectivity index (χ3n) is 3.18. The zero-order valence-corrected chi connectivity index (χ0v) is 14.4. The second-order valence-corrected chi connectivity index (χ2v) is 5.74. The van der Waals surface area contributed by atoms with Crippen molar-refractivity contribution in [3.63, 3.8) is 0 Å². The molecule has 1 heterocycles. The third-order valence-corrected chi connectivity index (χ3v) is 4.09. The molecule has 2 amide bonds. The molecule has 0 saturated carbocycles. The molecular weight excluding hydrogens is 346 g/mol. The van der Waals surface area contributed by atoms with E-state index in [0.29, 0.717) is 17.1 Å². The van der Waals surface area contributed by atoms with Crippen LogP contribution in [0.5, 0.6) is 11.5 Å². The van der Waals surface area contributed by atoms with E-state index < -0.39 is 17.1 Å². The zero-order valence-electron chi connectivity index (χ0n) is 13.6. The molecule has 1 aromatic carbocycles. The summed E-state index contributed by atoms with van der Waals surface area (Å²) < 4.78 is 15.0. The van der Waals surface area contributed by atoms with Crippen LogP contribution in [0.1, 0.15) is 5.56 Å². The van der Waals surface area contributed by atoms with E-state index in [2.05, 4.69) is 10.7 Å². The van der Waals surface area contributed by atoms with Gasteiger partial charge in [0, 0.05) is 0 Å². The van der Waals surface area contributed by atoms with Gasteiger partial charge in [0.1, 0.15) is 0 Å². The van der Waals surface area contributed by atoms with Gasteiger partial charge in [0.2, 0.25) is 0 Å². The Bertz CT molecular complexity index is 780. The van der Waals surface area contributed by atoms with Crippen molar-refractivity contribution < 1.29 is 28.6 Å². The van der Waals surface area contributed by atoms with Crippen molar-refractivity contribution in [1.29, 1.82) is 0 Å². The first-order valence-corrected chi connectivity index (χ1v) is 7.88. The van der Waals surface area contributed by atoms with Gasteiger partial charge in [0.05, 0.1) is 25.7 Å². The van der Waals surface area contributed by atoms with Crippen LogP contribution in [0.2, 0.25) is 0 Å². The van der Waals surface area contributed by atoms with Gasteiger partial charge in [-0.05, 0) is 35.5 Å². The molecule has 0 aromatic heterocycles. The first kappa shape index (κ1) is 18.4. The minimum atomic E-state index is -0.520. The summed E-state index contributed by atoms with van der Waals surface area (Å²) in [7, 11) is 2.71. The number of benzene rings is 1. The lowest BCUT2D eigenvalue weighted by Crippen LogP contribution is -2.28. The van der Waals surface area contributed by atoms with E-state index in [9.17, 15) is 14.4 Å². The highest BCUT2D eigenvalue weighted by atomic mass is 32.2. The van der Waals surface area contributed by atoms with Crippen LogP contribution in [0.25, 0.3) is 6.08 Å². The molecule has 130 valence electrons. The average molecular weight is 361 g/mol. The number of ether oxygens (including phenoxy) is 3. The van der Waals surface area contributed by atoms with Crippen molar-refractivity contribution in [2.24, 2.45) is 0 Å². The fourth-order valence-electron chi connectivity index (χ4n) is 1.97. The maximum absolute atomic E-state index is 12.2. The number of carbonyl (C=O) groups excluding carboxylic acids is 3. The van der Waals surface area contributed by atoms with Gasteiger partial charge in [-0.3, -0.25) is 14.5 Å². The van der Waals surface area contributed by atoms with Crippen LogP contribution in [0.4, 0.5) is 4.79 Å². The Morgan fingerprint density at radius 3 is 2.72 bits per heavy atom. The van der Waals surface area contributed by atoms with Crippen molar-refractivity contribution in [3.8, 4) is 23.8 Å². The number of rotatable bonds is 6. The molecule has 1 aliphatic rings. The fourth-order valence-corrected chi connectivity index (χ4v) is 2.81. The number of esters is 1. The molecule has 0 spiro atoms. The quantitative estimate of drug-likeness (QED) is 0.435. The summed E-state index contributed by atoms with van der Waals surface area (Å²) in [4.78, 5) is 36.3. The first-order chi connectivity index (χ1) is 12.0. The van der Waals surface area contributed by atoms with E-state index in [1.807, 2.05) is 0 Å². The minimum absolute atomic E-state index is 0.0639. The third kappa shape index (κ3) is 4.33. The smallest absolute Gasteiger partial charge is 0.343 e. The highest BCUT2D eigenvalue weighted by molar-refractivity contribution is 8.18. The topological polar surface area (TPSA) is 82.1 Å². The normalized spacial score (nSPS) is 15.2. The van der Waals surface area contributed by atoms with E-state index >= 15 is 0 Å². The van der Waals surface area contributed by atoms with Gasteiger partial charge in [0.15, 0.2) is 18.1 Å². The van der Waals surface area contributed by atoms with Crippen LogP contribution in [-0.2, 0) is 14.3 Å². The Hall–Kier alpha value is -2.92. The SMILES string of the molecule is C#CCN1C(=O)S/C(=C/c2ccc(OCC(=O)OC)c(OC)c2)C1=O. The van der Waals surface area contributed by atoms with Gasteiger partial charge >= 0.3 is 5.97 Å². The summed E-state index contributed by atoms with van der Waals surface area (Å²) >= 11 is 0.821. The number of hydrogen-bond donors (Lipinski definition) is 0. The van der Waals surface area contributed by atoms with Crippen molar-refractivity contribution in [3.05, 3.63) is 28.7 Å². The number of thioether (sulfide) groups is 1. The standard InChI is InChI=1S/C17H15NO6S/c1-4-7-18-16(20)14(25-17(18)21)9-11-5-6-12(13(8-11)22-2)24-10-15(19)23-3/h1,5-6,8-9H,7,10H2,2-3H3/b14-9+. The predicted molar refractivity (Wildman–Crippen MR) is 92.0 cm³/mol. The average Bonchev–Trinajstić information content (AvgIpc) is 2.87. The lowest BCUT2D eigenvalue weighted by molar-refractivity contribution is -0.142. The summed E-state index contributed by atoms with van der Waals surface area (Å²) in [6.45, 7) is -0.317. The predicted octanol–water partition coefficient (Wildman–Crippen LogP) is 1.92. The van der Waals surface area contributed by atoms with E-state index in [1.165, 1.54) is 14.2 Å². The minimum Gasteiger partial charge on any atom is -0.493 e. The van der Waals surface area contributed by atoms with Crippen LogP contribution < -0.4 is 9.47 Å². The van der Waals surface area contributed by atoms with Crippen LogP contribution in [0.3, 0.4) is 0 Å². The summed E-state index contributed by atoms with van der Waals surface area (Å²) in [6, 6.07) is 4.89. The van der Waals surface area contributed by atoms with Crippen molar-refractivity contribution in [1.82, 2.24) is 4.90 Å². The van der Waals surface area contributed by atoms with Crippen LogP contribution in [0.15, 0.2) is 23.1 Å². The Kier molecular flexibility index (Phi) is 6.08. The second kappa shape index (κ2) is 8.26. The lowest BCUT2D eigenvalue weighted by Gasteiger charge is -2.10. The molecular formula is C17H15NO6S. The number of methoxy groups -OCH3 is 2. The van der Waals surface area contributed by atoms with Crippen LogP contribution in [0, 0.1) is 12.3 Å². The maximum Gasteiger partial charge on any atom is 0.343 e. The number of imide groups is 1. The van der Waals surface area contributed by atoms with E-state index in [-0.39, 0.29) is 18.1 Å². The number of hydrogen-bond acceptors (Lipinski definition) is 7. The fraction of sp³-hybridized carbons (Fsp3) is 0.235. The molecule has 1 saturated heterocycles. The summed E-state index contributed by atoms with van der Waals surface area (Å²) in [5.74, 6) is 2.05. The van der Waals surface area contributed by atoms with Crippen molar-refractivity contribution in [2.75, 3.05) is 27.4 Å². The molecule has 25 heavy (non-hydrogen) atoms. The summed E-state index contributed by atoms with van der Waals surface area (Å²) in [6.07, 6.45) is 6.72. The molecule has 8 heteroatoms. The molecule has 7 nitrogen and oxygen atoms in total. The monoisotopic (exact) mass is 361 g/mol. The maximum atomic E-state index is 12.2. The van der Waals surface area contributed by atoms with E-state index in [0.717, 1.165) is 16.7 Å². The van der Waals surface area contributed by atoms with Crippen LogP contribution in [-0.4, -0.2) is 49.4 Å². The largest absolute Gasteiger partial charge is 0.493 e. The van der Waals surface area contributed by atoms with E-state index in [4.69, 9.17) is 15.9 Å². The highest BCUT2D eigenvalue weighted by Gasteiger charge is 2.34. The van der Waals surface area contributed by atoms with Crippen LogP contribution >= 0.6 is 11.8 Å². The van der Waals surface area contributed by atoms with Gasteiger partial charge in [0.25, 0.3) is 11.1 Å². The van der Waals surface area contributed by atoms with Crippen molar-refractivity contribution >= 4 is 35.0 Å². The number of carbonyl (C=O) groups is 3. The molecule has 0 atom stereocenters. The Balaban J connectivity index is 2.21. The molecule has 0 aliphatic carbocycles. The molecule has 0 radical (unpaired) electrons. The first-order valence-electron chi connectivity index (χ1n) is 7.06. The number of terminal acetylenes is 1. The number of amides is 2. The Labute approximate surface area is 148 Å². The number of nitrogens with zero attached hydrogens (tertiary/aromatic N) is 1. The molecule has 1 fully saturated rings. The molecule has 1 aliphatic heterocycles. The van der Waals surface area contributed by atoms with Gasteiger partial charge in [-0.15, -0.1) is 6.42 Å². The van der Waals surface area contributed by atoms with Gasteiger partial charge in [-0.25, -0.2) is 4.79 Å². The molecule has 1 aromatic rings. The summed E-state index contributed by atoms with van der Waals surface area (Å²) in [5.41, 5.74) is 0.633. The highest BCUT2D eigenvalue weighted by Crippen LogP contribution is 2.34. The lowest BCUT2D eigenvalue weighted by atomic mass is 10.2. The molecule has 2 rings (SSSR count). The molecule has 0 unspecified atom stereocenters. The van der Waals surface area contributed by atoms with Gasteiger partial charge in [-0.1, -0.05) is 12.0 Å². The Morgan fingerprint density at radius 2 is 2.08 bits per heavy atom. The summed E-state index contributed by atoms with van der Waals surface area (Å²) in [5, 5.41) is -0.404. The van der Waals surface area contributed by atoms with Crippen molar-refractivity contribution in [2.45, 2.75) is 0 Å². The Morgan fingerprint density at radius 1 is 1.32 bits per heavy atom. The molecule has 0 bridgehead atoms. The zero-order chi connectivity index (χ0) is 18.4. The van der Waals surface area contributed by atoms with Gasteiger partial charge < -0.3 is 14.2 Å². The van der Waals surface area contributed by atoms with Gasteiger partial charge in [-0.2, -0.15) is 0 Å².